The average Bonchev–Trinajstić information content (AvgIpc) is 2.88. The fourth-order valence-corrected chi connectivity index (χ4v) is 4.92. The molecular formula is C26H35ClN4O3. The Labute approximate surface area is 207 Å². The number of aromatic nitrogens is 2. The van der Waals surface area contributed by atoms with Crippen LogP contribution < -0.4 is 5.32 Å². The minimum atomic E-state index is 0.0439. The summed E-state index contributed by atoms with van der Waals surface area (Å²) < 4.78 is 10.6. The number of Topliss-reactive ketones (excluding diaryl/α,β-unsaturated/α-hetero) is 1. The molecule has 4 rings (SSSR count). The Kier molecular flexibility index (Phi) is 9.27. The molecule has 0 amide bonds. The van der Waals surface area contributed by atoms with Gasteiger partial charge in [0.05, 0.1) is 17.3 Å². The minimum Gasteiger partial charge on any atom is -0.383 e. The number of carbonyl (C=O) groups is 1. The molecule has 34 heavy (non-hydrogen) atoms. The van der Waals surface area contributed by atoms with Crippen LogP contribution in [0.1, 0.15) is 31.4 Å². The zero-order valence-corrected chi connectivity index (χ0v) is 20.7. The molecular weight excluding hydrogens is 452 g/mol. The van der Waals surface area contributed by atoms with Crippen LogP contribution in [0.5, 0.6) is 0 Å². The molecule has 2 aromatic rings. The van der Waals surface area contributed by atoms with E-state index in [9.17, 15) is 4.79 Å². The molecule has 0 saturated carbocycles. The number of pyridine rings is 2. The zero-order chi connectivity index (χ0) is 23.8. The van der Waals surface area contributed by atoms with Crippen LogP contribution in [0.4, 0.5) is 5.82 Å². The third-order valence-electron chi connectivity index (χ3n) is 6.78. The van der Waals surface area contributed by atoms with E-state index in [-0.39, 0.29) is 11.7 Å². The van der Waals surface area contributed by atoms with Gasteiger partial charge >= 0.3 is 0 Å². The van der Waals surface area contributed by atoms with Crippen molar-refractivity contribution in [3.63, 3.8) is 0 Å². The topological polar surface area (TPSA) is 76.6 Å². The number of anilines is 1. The second kappa shape index (κ2) is 12.6. The molecule has 4 heterocycles. The van der Waals surface area contributed by atoms with E-state index in [0.717, 1.165) is 87.8 Å². The van der Waals surface area contributed by atoms with Crippen molar-refractivity contribution in [3.05, 3.63) is 41.2 Å². The van der Waals surface area contributed by atoms with Gasteiger partial charge in [-0.05, 0) is 56.3 Å². The molecule has 0 unspecified atom stereocenters. The number of nitrogens with zero attached hydrogens (tertiary/aromatic N) is 3. The van der Waals surface area contributed by atoms with Crippen molar-refractivity contribution in [1.82, 2.24) is 14.9 Å². The maximum absolute atomic E-state index is 13.0. The normalized spacial score (nSPS) is 19.8. The van der Waals surface area contributed by atoms with E-state index in [1.54, 1.807) is 13.3 Å². The number of nitrogens with one attached hydrogen (secondary N) is 1. The Morgan fingerprint density at radius 1 is 1.29 bits per heavy atom. The molecule has 2 aliphatic rings. The van der Waals surface area contributed by atoms with Crippen LogP contribution in [-0.2, 0) is 20.7 Å². The molecule has 1 N–H and O–H groups in total. The van der Waals surface area contributed by atoms with Gasteiger partial charge in [0.1, 0.15) is 11.6 Å². The van der Waals surface area contributed by atoms with E-state index in [4.69, 9.17) is 26.1 Å². The highest BCUT2D eigenvalue weighted by molar-refractivity contribution is 6.33. The summed E-state index contributed by atoms with van der Waals surface area (Å²) in [6.07, 6.45) is 6.07. The first-order valence-electron chi connectivity index (χ1n) is 12.3. The van der Waals surface area contributed by atoms with Crippen molar-refractivity contribution in [1.29, 1.82) is 0 Å². The van der Waals surface area contributed by atoms with Gasteiger partial charge in [0.25, 0.3) is 0 Å². The van der Waals surface area contributed by atoms with Crippen LogP contribution >= 0.6 is 11.6 Å². The summed E-state index contributed by atoms with van der Waals surface area (Å²) in [5, 5.41) is 4.00. The van der Waals surface area contributed by atoms with E-state index in [1.807, 2.05) is 24.3 Å². The first kappa shape index (κ1) is 25.0. The van der Waals surface area contributed by atoms with Gasteiger partial charge in [-0.15, -0.1) is 0 Å². The summed E-state index contributed by atoms with van der Waals surface area (Å²) >= 11 is 6.49. The molecule has 2 aromatic heterocycles. The molecule has 0 aromatic carbocycles. The highest BCUT2D eigenvalue weighted by Gasteiger charge is 2.26. The van der Waals surface area contributed by atoms with Gasteiger partial charge in [0.2, 0.25) is 0 Å². The number of carbonyl (C=O) groups excluding carboxylic acids is 1. The van der Waals surface area contributed by atoms with Crippen LogP contribution in [0.25, 0.3) is 11.3 Å². The van der Waals surface area contributed by atoms with Crippen LogP contribution in [-0.4, -0.2) is 73.8 Å². The van der Waals surface area contributed by atoms with Crippen molar-refractivity contribution in [2.75, 3.05) is 58.4 Å². The Balaban J connectivity index is 1.40. The Bertz CT molecular complexity index is 951. The highest BCUT2D eigenvalue weighted by atomic mass is 35.5. The molecule has 2 saturated heterocycles. The molecule has 0 radical (unpaired) electrons. The zero-order valence-electron chi connectivity index (χ0n) is 20.0. The lowest BCUT2D eigenvalue weighted by atomic mass is 9.91. The monoisotopic (exact) mass is 486 g/mol. The Hall–Kier alpha value is -2.06. The van der Waals surface area contributed by atoms with Crippen molar-refractivity contribution < 1.29 is 14.3 Å². The highest BCUT2D eigenvalue weighted by Crippen LogP contribution is 2.28. The average molecular weight is 487 g/mol. The lowest BCUT2D eigenvalue weighted by Gasteiger charge is -2.31. The third kappa shape index (κ3) is 6.98. The molecule has 0 bridgehead atoms. The van der Waals surface area contributed by atoms with Gasteiger partial charge in [-0.3, -0.25) is 9.78 Å². The largest absolute Gasteiger partial charge is 0.383 e. The number of ketones is 1. The molecule has 2 fully saturated rings. The van der Waals surface area contributed by atoms with Gasteiger partial charge < -0.3 is 19.7 Å². The fourth-order valence-electron chi connectivity index (χ4n) is 4.72. The van der Waals surface area contributed by atoms with Crippen molar-refractivity contribution in [2.24, 2.45) is 11.8 Å². The lowest BCUT2D eigenvalue weighted by Crippen LogP contribution is -2.40. The van der Waals surface area contributed by atoms with Crippen molar-refractivity contribution in [2.45, 2.75) is 32.1 Å². The SMILES string of the molecule is COCCN1CCC[C@@H](C(=O)Cc2cc(-c3cccc(NCC4CCOCC4)n3)c(Cl)cn2)C1. The number of methoxy groups -OCH3 is 1. The van der Waals surface area contributed by atoms with E-state index < -0.39 is 0 Å². The number of hydrogen-bond acceptors (Lipinski definition) is 7. The van der Waals surface area contributed by atoms with Crippen LogP contribution in [0.15, 0.2) is 30.5 Å². The predicted molar refractivity (Wildman–Crippen MR) is 134 cm³/mol. The van der Waals surface area contributed by atoms with E-state index >= 15 is 0 Å². The van der Waals surface area contributed by atoms with Gasteiger partial charge in [-0.25, -0.2) is 4.98 Å². The minimum absolute atomic E-state index is 0.0439. The van der Waals surface area contributed by atoms with Crippen LogP contribution in [0.3, 0.4) is 0 Å². The van der Waals surface area contributed by atoms with Gasteiger partial charge in [0, 0.05) is 69.8 Å². The van der Waals surface area contributed by atoms with Gasteiger partial charge in [-0.2, -0.15) is 0 Å². The third-order valence-corrected chi connectivity index (χ3v) is 7.08. The maximum atomic E-state index is 13.0. The summed E-state index contributed by atoms with van der Waals surface area (Å²) in [4.78, 5) is 24.6. The molecule has 0 aliphatic carbocycles. The molecule has 1 atom stereocenters. The second-order valence-electron chi connectivity index (χ2n) is 9.28. The number of ether oxygens (including phenoxy) is 2. The number of piperidine rings is 1. The number of rotatable bonds is 10. The molecule has 7 nitrogen and oxygen atoms in total. The summed E-state index contributed by atoms with van der Waals surface area (Å²) in [7, 11) is 1.71. The van der Waals surface area contributed by atoms with Crippen LogP contribution in [0.2, 0.25) is 5.02 Å². The van der Waals surface area contributed by atoms with Crippen molar-refractivity contribution >= 4 is 23.2 Å². The Morgan fingerprint density at radius 3 is 2.97 bits per heavy atom. The summed E-state index contributed by atoms with van der Waals surface area (Å²) in [5.74, 6) is 1.71. The van der Waals surface area contributed by atoms with Gasteiger partial charge in [0.15, 0.2) is 0 Å². The first-order valence-corrected chi connectivity index (χ1v) is 12.7. The fraction of sp³-hybridized carbons (Fsp3) is 0.577. The predicted octanol–water partition coefficient (Wildman–Crippen LogP) is 4.11. The quantitative estimate of drug-likeness (QED) is 0.541. The lowest BCUT2D eigenvalue weighted by molar-refractivity contribution is -0.124. The standard InChI is InChI=1S/C26H35ClN4O3/c1-33-13-10-31-9-3-4-20(18-31)25(32)15-21-14-22(23(27)17-28-21)24-5-2-6-26(30-24)29-16-19-7-11-34-12-8-19/h2,5-6,14,17,19-20H,3-4,7-13,15-16,18H2,1H3,(H,29,30)/t20-/m1/s1. The van der Waals surface area contributed by atoms with Crippen molar-refractivity contribution in [3.8, 4) is 11.3 Å². The molecule has 0 spiro atoms. The molecule has 8 heteroatoms. The Morgan fingerprint density at radius 2 is 2.15 bits per heavy atom. The molecule has 184 valence electrons. The summed E-state index contributed by atoms with van der Waals surface area (Å²) in [6, 6.07) is 7.81. The summed E-state index contributed by atoms with van der Waals surface area (Å²) in [6.45, 7) is 5.94. The maximum Gasteiger partial charge on any atom is 0.143 e. The van der Waals surface area contributed by atoms with E-state index in [1.165, 1.54) is 0 Å². The van der Waals surface area contributed by atoms with Gasteiger partial charge in [-0.1, -0.05) is 17.7 Å². The van der Waals surface area contributed by atoms with E-state index in [0.29, 0.717) is 24.0 Å². The smallest absolute Gasteiger partial charge is 0.143 e. The second-order valence-corrected chi connectivity index (χ2v) is 9.68. The van der Waals surface area contributed by atoms with Crippen LogP contribution in [0, 0.1) is 11.8 Å². The number of hydrogen-bond donors (Lipinski definition) is 1. The molecule has 2 aliphatic heterocycles. The number of likely N-dealkylation sites (tertiary alicyclic amines) is 1. The summed E-state index contributed by atoms with van der Waals surface area (Å²) in [5.41, 5.74) is 2.32. The first-order chi connectivity index (χ1) is 16.6. The number of halogens is 1. The van der Waals surface area contributed by atoms with E-state index in [2.05, 4.69) is 15.2 Å².